The summed E-state index contributed by atoms with van der Waals surface area (Å²) in [6.45, 7) is 0.0114. The molecule has 0 unspecified atom stereocenters. The van der Waals surface area contributed by atoms with Gasteiger partial charge in [-0.1, -0.05) is 27.5 Å². The molecular weight excluding hydrogens is 344 g/mol. The van der Waals surface area contributed by atoms with Gasteiger partial charge in [0, 0.05) is 29.1 Å². The Balaban J connectivity index is 2.78. The largest absolute Gasteiger partial charge is 0.401 e. The molecule has 0 aliphatic heterocycles. The molecule has 7 heteroatoms. The molecule has 0 heterocycles. The van der Waals surface area contributed by atoms with Crippen LogP contribution in [0.1, 0.15) is 5.56 Å². The molecule has 19 heavy (non-hydrogen) atoms. The van der Waals surface area contributed by atoms with Crippen molar-refractivity contribution in [3.63, 3.8) is 0 Å². The van der Waals surface area contributed by atoms with Gasteiger partial charge in [0.1, 0.15) is 0 Å². The van der Waals surface area contributed by atoms with Gasteiger partial charge in [-0.3, -0.25) is 4.90 Å². The highest BCUT2D eigenvalue weighted by atomic mass is 79.9. The van der Waals surface area contributed by atoms with Crippen molar-refractivity contribution in [2.24, 2.45) is 0 Å². The van der Waals surface area contributed by atoms with Crippen LogP contribution < -0.4 is 5.32 Å². The number of hydrogen-bond acceptors (Lipinski definition) is 2. The van der Waals surface area contributed by atoms with Crippen molar-refractivity contribution in [2.75, 3.05) is 26.7 Å². The van der Waals surface area contributed by atoms with Gasteiger partial charge >= 0.3 is 6.18 Å². The van der Waals surface area contributed by atoms with Gasteiger partial charge in [0.25, 0.3) is 0 Å². The van der Waals surface area contributed by atoms with E-state index in [1.165, 1.54) is 4.90 Å². The number of benzene rings is 1. The predicted octanol–water partition coefficient (Wildman–Crippen LogP) is 3.69. The summed E-state index contributed by atoms with van der Waals surface area (Å²) in [6.07, 6.45) is -4.22. The van der Waals surface area contributed by atoms with E-state index < -0.39 is 12.7 Å². The first-order chi connectivity index (χ1) is 8.81. The number of rotatable bonds is 6. The normalized spacial score (nSPS) is 12.2. The summed E-state index contributed by atoms with van der Waals surface area (Å²) in [5.74, 6) is 0. The topological polar surface area (TPSA) is 15.3 Å². The van der Waals surface area contributed by atoms with E-state index in [1.807, 2.05) is 0 Å². The van der Waals surface area contributed by atoms with Gasteiger partial charge in [0.15, 0.2) is 0 Å². The van der Waals surface area contributed by atoms with Crippen molar-refractivity contribution in [3.8, 4) is 0 Å². The molecule has 2 nitrogen and oxygen atoms in total. The Morgan fingerprint density at radius 2 is 2.05 bits per heavy atom. The molecule has 1 aromatic carbocycles. The second-order valence-electron chi connectivity index (χ2n) is 4.17. The van der Waals surface area contributed by atoms with Crippen LogP contribution in [0.4, 0.5) is 13.2 Å². The zero-order valence-corrected chi connectivity index (χ0v) is 12.7. The molecule has 0 aliphatic rings. The summed E-state index contributed by atoms with van der Waals surface area (Å²) in [7, 11) is 1.71. The SMILES string of the molecule is CNCCN(Cc1cc(Br)ccc1Cl)CC(F)(F)F. The standard InChI is InChI=1S/C12H15BrClF3N2/c1-18-4-5-19(8-12(15,16)17)7-9-6-10(13)2-3-11(9)14/h2-3,6,18H,4-5,7-8H2,1H3. The Hall–Kier alpha value is -0.300. The summed E-state index contributed by atoms with van der Waals surface area (Å²) in [6, 6.07) is 5.17. The highest BCUT2D eigenvalue weighted by Gasteiger charge is 2.30. The average Bonchev–Trinajstić information content (AvgIpc) is 2.29. The van der Waals surface area contributed by atoms with E-state index in [0.29, 0.717) is 23.7 Å². The Morgan fingerprint density at radius 1 is 1.37 bits per heavy atom. The molecule has 1 rings (SSSR count). The van der Waals surface area contributed by atoms with Crippen LogP contribution in [0.3, 0.4) is 0 Å². The fraction of sp³-hybridized carbons (Fsp3) is 0.500. The quantitative estimate of drug-likeness (QED) is 0.833. The van der Waals surface area contributed by atoms with Gasteiger partial charge in [-0.15, -0.1) is 0 Å². The summed E-state index contributed by atoms with van der Waals surface area (Å²) < 4.78 is 38.3. The van der Waals surface area contributed by atoms with Crippen LogP contribution in [0.5, 0.6) is 0 Å². The first-order valence-corrected chi connectivity index (χ1v) is 6.86. The van der Waals surface area contributed by atoms with Crippen molar-refractivity contribution < 1.29 is 13.2 Å². The van der Waals surface area contributed by atoms with Crippen LogP contribution in [-0.2, 0) is 6.54 Å². The summed E-state index contributed by atoms with van der Waals surface area (Å²) in [5, 5.41) is 3.32. The molecule has 0 bridgehead atoms. The predicted molar refractivity (Wildman–Crippen MR) is 74.4 cm³/mol. The second kappa shape index (κ2) is 7.47. The zero-order chi connectivity index (χ0) is 14.5. The van der Waals surface area contributed by atoms with Crippen molar-refractivity contribution >= 4 is 27.5 Å². The molecule has 0 spiro atoms. The van der Waals surface area contributed by atoms with E-state index in [1.54, 1.807) is 25.2 Å². The number of hydrogen-bond donors (Lipinski definition) is 1. The van der Waals surface area contributed by atoms with Crippen LogP contribution in [0.15, 0.2) is 22.7 Å². The Morgan fingerprint density at radius 3 is 2.63 bits per heavy atom. The number of alkyl halides is 3. The van der Waals surface area contributed by atoms with Crippen LogP contribution in [0, 0.1) is 0 Å². The molecule has 0 aliphatic carbocycles. The fourth-order valence-electron chi connectivity index (χ4n) is 1.64. The lowest BCUT2D eigenvalue weighted by atomic mass is 10.2. The van der Waals surface area contributed by atoms with Crippen LogP contribution in [0.25, 0.3) is 0 Å². The third-order valence-corrected chi connectivity index (χ3v) is 3.34. The van der Waals surface area contributed by atoms with Crippen LogP contribution in [-0.4, -0.2) is 37.8 Å². The molecule has 0 saturated carbocycles. The van der Waals surface area contributed by atoms with E-state index in [0.717, 1.165) is 4.47 Å². The zero-order valence-electron chi connectivity index (χ0n) is 10.4. The summed E-state index contributed by atoms with van der Waals surface area (Å²) >= 11 is 9.29. The highest BCUT2D eigenvalue weighted by Crippen LogP contribution is 2.24. The third kappa shape index (κ3) is 6.61. The van der Waals surface area contributed by atoms with E-state index >= 15 is 0 Å². The third-order valence-electron chi connectivity index (χ3n) is 2.48. The maximum atomic E-state index is 12.5. The fourth-order valence-corrected chi connectivity index (χ4v) is 2.23. The van der Waals surface area contributed by atoms with E-state index in [-0.39, 0.29) is 6.54 Å². The molecule has 1 N–H and O–H groups in total. The number of likely N-dealkylation sites (N-methyl/N-ethyl adjacent to an activating group) is 1. The van der Waals surface area contributed by atoms with Gasteiger partial charge < -0.3 is 5.32 Å². The van der Waals surface area contributed by atoms with Gasteiger partial charge in [0.05, 0.1) is 6.54 Å². The second-order valence-corrected chi connectivity index (χ2v) is 5.49. The lowest BCUT2D eigenvalue weighted by molar-refractivity contribution is -0.146. The van der Waals surface area contributed by atoms with Gasteiger partial charge in [0.2, 0.25) is 0 Å². The van der Waals surface area contributed by atoms with Crippen LogP contribution >= 0.6 is 27.5 Å². The Labute approximate surface area is 124 Å². The number of nitrogens with one attached hydrogen (secondary N) is 1. The molecule has 0 atom stereocenters. The molecule has 0 amide bonds. The first kappa shape index (κ1) is 16.8. The van der Waals surface area contributed by atoms with Crippen LogP contribution in [0.2, 0.25) is 5.02 Å². The monoisotopic (exact) mass is 358 g/mol. The molecule has 0 fully saturated rings. The van der Waals surface area contributed by atoms with Crippen molar-refractivity contribution in [3.05, 3.63) is 33.3 Å². The van der Waals surface area contributed by atoms with E-state index in [4.69, 9.17) is 11.6 Å². The van der Waals surface area contributed by atoms with E-state index in [2.05, 4.69) is 21.2 Å². The summed E-state index contributed by atoms with van der Waals surface area (Å²) in [4.78, 5) is 1.32. The van der Waals surface area contributed by atoms with E-state index in [9.17, 15) is 13.2 Å². The number of nitrogens with zero attached hydrogens (tertiary/aromatic N) is 1. The lowest BCUT2D eigenvalue weighted by Crippen LogP contribution is -2.37. The molecular formula is C12H15BrClF3N2. The van der Waals surface area contributed by atoms with Gasteiger partial charge in [-0.25, -0.2) is 0 Å². The minimum Gasteiger partial charge on any atom is -0.318 e. The summed E-state index contributed by atoms with van der Waals surface area (Å²) in [5.41, 5.74) is 0.677. The molecule has 1 aromatic rings. The maximum Gasteiger partial charge on any atom is 0.401 e. The molecule has 0 aromatic heterocycles. The molecule has 0 radical (unpaired) electrons. The Bertz CT molecular complexity index is 412. The van der Waals surface area contributed by atoms with Gasteiger partial charge in [-0.05, 0) is 30.8 Å². The first-order valence-electron chi connectivity index (χ1n) is 5.69. The Kier molecular flexibility index (Phi) is 6.59. The lowest BCUT2D eigenvalue weighted by Gasteiger charge is -2.24. The minimum absolute atomic E-state index is 0.166. The maximum absolute atomic E-state index is 12.5. The number of halogens is 5. The van der Waals surface area contributed by atoms with Crippen molar-refractivity contribution in [1.82, 2.24) is 10.2 Å². The van der Waals surface area contributed by atoms with Crippen molar-refractivity contribution in [2.45, 2.75) is 12.7 Å². The molecule has 108 valence electrons. The highest BCUT2D eigenvalue weighted by molar-refractivity contribution is 9.10. The van der Waals surface area contributed by atoms with Crippen molar-refractivity contribution in [1.29, 1.82) is 0 Å². The minimum atomic E-state index is -4.22. The average molecular weight is 360 g/mol. The smallest absolute Gasteiger partial charge is 0.318 e. The molecule has 0 saturated heterocycles. The van der Waals surface area contributed by atoms with Gasteiger partial charge in [-0.2, -0.15) is 13.2 Å².